The summed E-state index contributed by atoms with van der Waals surface area (Å²) in [6.07, 6.45) is 0. The molecule has 0 heterocycles. The normalized spacial score (nSPS) is 12.1. The molecule has 0 saturated carbocycles. The standard InChI is InChI=1S/C26H25Cl4N3O4S/c1-3-31-26(35)17(2)32(15-18-7-8-21(29)14-24(18)30)25(34)16-33(22-6-4-5-20(28)13-22)38(36,37)23-11-9-19(27)10-12-23/h4-14,17H,3,15-16H2,1-2H3,(H,31,35)/t17-/m1/s1. The second kappa shape index (κ2) is 13.0. The molecule has 7 nitrogen and oxygen atoms in total. The van der Waals surface area contributed by atoms with Gasteiger partial charge < -0.3 is 10.2 Å². The van der Waals surface area contributed by atoms with E-state index < -0.39 is 34.4 Å². The largest absolute Gasteiger partial charge is 0.355 e. The predicted octanol–water partition coefficient (Wildman–Crippen LogP) is 6.05. The molecule has 0 unspecified atom stereocenters. The first kappa shape index (κ1) is 30.1. The first-order chi connectivity index (χ1) is 17.9. The first-order valence-electron chi connectivity index (χ1n) is 11.5. The zero-order valence-corrected chi connectivity index (χ0v) is 24.3. The van der Waals surface area contributed by atoms with E-state index in [1.165, 1.54) is 47.4 Å². The number of anilines is 1. The number of carbonyl (C=O) groups excluding carboxylic acids is 2. The molecule has 0 bridgehead atoms. The molecule has 12 heteroatoms. The number of nitrogens with one attached hydrogen (secondary N) is 1. The topological polar surface area (TPSA) is 86.8 Å². The van der Waals surface area contributed by atoms with E-state index in [-0.39, 0.29) is 22.2 Å². The van der Waals surface area contributed by atoms with Gasteiger partial charge in [0.2, 0.25) is 11.8 Å². The Morgan fingerprint density at radius 1 is 0.895 bits per heavy atom. The van der Waals surface area contributed by atoms with Crippen molar-refractivity contribution in [3.05, 3.63) is 92.4 Å². The maximum atomic E-state index is 13.8. The molecule has 0 aliphatic carbocycles. The molecule has 1 N–H and O–H groups in total. The van der Waals surface area contributed by atoms with E-state index >= 15 is 0 Å². The Morgan fingerprint density at radius 3 is 2.13 bits per heavy atom. The van der Waals surface area contributed by atoms with Gasteiger partial charge in [-0.15, -0.1) is 0 Å². The van der Waals surface area contributed by atoms with Crippen molar-refractivity contribution in [1.29, 1.82) is 0 Å². The average molecular weight is 617 g/mol. The summed E-state index contributed by atoms with van der Waals surface area (Å²) in [7, 11) is -4.23. The van der Waals surface area contributed by atoms with Crippen molar-refractivity contribution >= 4 is 73.9 Å². The number of sulfonamides is 1. The van der Waals surface area contributed by atoms with E-state index in [0.29, 0.717) is 27.2 Å². The van der Waals surface area contributed by atoms with Gasteiger partial charge in [-0.3, -0.25) is 13.9 Å². The Morgan fingerprint density at radius 2 is 1.53 bits per heavy atom. The van der Waals surface area contributed by atoms with Crippen LogP contribution in [0.1, 0.15) is 19.4 Å². The molecule has 3 rings (SSSR count). The molecule has 0 saturated heterocycles. The molecule has 0 aromatic heterocycles. The summed E-state index contributed by atoms with van der Waals surface area (Å²) < 4.78 is 28.4. The summed E-state index contributed by atoms with van der Waals surface area (Å²) in [5.74, 6) is -1.03. The fraction of sp³-hybridized carbons (Fsp3) is 0.231. The Hall–Kier alpha value is -2.49. The van der Waals surface area contributed by atoms with Crippen molar-refractivity contribution < 1.29 is 18.0 Å². The molecule has 0 spiro atoms. The number of rotatable bonds is 10. The predicted molar refractivity (Wildman–Crippen MR) is 153 cm³/mol. The molecule has 0 aliphatic rings. The number of nitrogens with zero attached hydrogens (tertiary/aromatic N) is 2. The highest BCUT2D eigenvalue weighted by Crippen LogP contribution is 2.28. The Labute approximate surface area is 242 Å². The summed E-state index contributed by atoms with van der Waals surface area (Å²) in [4.78, 5) is 27.7. The van der Waals surface area contributed by atoms with E-state index in [1.807, 2.05) is 0 Å². The van der Waals surface area contributed by atoms with Gasteiger partial charge in [-0.1, -0.05) is 58.5 Å². The molecule has 0 fully saturated rings. The van der Waals surface area contributed by atoms with Gasteiger partial charge in [-0.25, -0.2) is 8.42 Å². The number of halogens is 4. The van der Waals surface area contributed by atoms with E-state index in [2.05, 4.69) is 5.32 Å². The molecular weight excluding hydrogens is 592 g/mol. The van der Waals surface area contributed by atoms with Crippen LogP contribution in [-0.4, -0.2) is 44.3 Å². The summed E-state index contributed by atoms with van der Waals surface area (Å²) in [5, 5.41) is 4.05. The highest BCUT2D eigenvalue weighted by atomic mass is 35.5. The van der Waals surface area contributed by atoms with Crippen molar-refractivity contribution in [3.63, 3.8) is 0 Å². The lowest BCUT2D eigenvalue weighted by molar-refractivity contribution is -0.139. The van der Waals surface area contributed by atoms with Crippen LogP contribution in [0.2, 0.25) is 20.1 Å². The van der Waals surface area contributed by atoms with Gasteiger partial charge in [0.25, 0.3) is 10.0 Å². The van der Waals surface area contributed by atoms with Gasteiger partial charge in [0.05, 0.1) is 10.6 Å². The van der Waals surface area contributed by atoms with Crippen molar-refractivity contribution in [2.24, 2.45) is 0 Å². The smallest absolute Gasteiger partial charge is 0.264 e. The van der Waals surface area contributed by atoms with Crippen LogP contribution < -0.4 is 9.62 Å². The van der Waals surface area contributed by atoms with Gasteiger partial charge in [-0.2, -0.15) is 0 Å². The van der Waals surface area contributed by atoms with Crippen molar-refractivity contribution in [1.82, 2.24) is 10.2 Å². The number of likely N-dealkylation sites (N-methyl/N-ethyl adjacent to an activating group) is 1. The van der Waals surface area contributed by atoms with Gasteiger partial charge in [0.15, 0.2) is 0 Å². The van der Waals surface area contributed by atoms with Crippen molar-refractivity contribution in [3.8, 4) is 0 Å². The fourth-order valence-corrected chi connectivity index (χ4v) is 5.82. The molecule has 1 atom stereocenters. The maximum Gasteiger partial charge on any atom is 0.264 e. The number of amides is 2. The van der Waals surface area contributed by atoms with Gasteiger partial charge in [0.1, 0.15) is 12.6 Å². The fourth-order valence-electron chi connectivity index (χ4n) is 3.63. The van der Waals surface area contributed by atoms with E-state index in [4.69, 9.17) is 46.4 Å². The minimum atomic E-state index is -4.23. The van der Waals surface area contributed by atoms with Crippen LogP contribution in [0, 0.1) is 0 Å². The summed E-state index contributed by atoms with van der Waals surface area (Å²) in [6, 6.07) is 15.6. The lowest BCUT2D eigenvalue weighted by Gasteiger charge is -2.32. The molecular formula is C26H25Cl4N3O4S. The van der Waals surface area contributed by atoms with Crippen LogP contribution >= 0.6 is 46.4 Å². The highest BCUT2D eigenvalue weighted by molar-refractivity contribution is 7.92. The molecule has 3 aromatic carbocycles. The van der Waals surface area contributed by atoms with Gasteiger partial charge in [-0.05, 0) is 74.0 Å². The number of carbonyl (C=O) groups is 2. The van der Waals surface area contributed by atoms with Crippen LogP contribution in [-0.2, 0) is 26.2 Å². The summed E-state index contributed by atoms with van der Waals surface area (Å²) in [5.41, 5.74) is 0.714. The van der Waals surface area contributed by atoms with E-state index in [9.17, 15) is 18.0 Å². The lowest BCUT2D eigenvalue weighted by Crippen LogP contribution is -2.51. The van der Waals surface area contributed by atoms with Crippen LogP contribution in [0.4, 0.5) is 5.69 Å². The molecule has 38 heavy (non-hydrogen) atoms. The highest BCUT2D eigenvalue weighted by Gasteiger charge is 2.32. The number of benzene rings is 3. The van der Waals surface area contributed by atoms with Crippen LogP contribution in [0.15, 0.2) is 71.6 Å². The van der Waals surface area contributed by atoms with Crippen molar-refractivity contribution in [2.75, 3.05) is 17.4 Å². The summed E-state index contributed by atoms with van der Waals surface area (Å²) in [6.45, 7) is 3.00. The van der Waals surface area contributed by atoms with Gasteiger partial charge in [0, 0.05) is 33.2 Å². The van der Waals surface area contributed by atoms with Crippen molar-refractivity contribution in [2.45, 2.75) is 31.3 Å². The lowest BCUT2D eigenvalue weighted by atomic mass is 10.1. The second-order valence-corrected chi connectivity index (χ2v) is 11.9. The van der Waals surface area contributed by atoms with E-state index in [0.717, 1.165) is 4.31 Å². The Bertz CT molecular complexity index is 1420. The number of hydrogen-bond donors (Lipinski definition) is 1. The third-order valence-corrected chi connectivity index (χ3v) is 8.51. The Balaban J connectivity index is 2.05. The third-order valence-electron chi connectivity index (χ3n) is 5.65. The van der Waals surface area contributed by atoms with Crippen LogP contribution in [0.25, 0.3) is 0 Å². The van der Waals surface area contributed by atoms with Crippen LogP contribution in [0.3, 0.4) is 0 Å². The first-order valence-corrected chi connectivity index (χ1v) is 14.4. The quantitative estimate of drug-likeness (QED) is 0.300. The molecule has 202 valence electrons. The molecule has 3 aromatic rings. The zero-order chi connectivity index (χ0) is 28.0. The van der Waals surface area contributed by atoms with E-state index in [1.54, 1.807) is 38.1 Å². The maximum absolute atomic E-state index is 13.8. The average Bonchev–Trinajstić information content (AvgIpc) is 2.86. The SMILES string of the molecule is CCNC(=O)[C@@H](C)N(Cc1ccc(Cl)cc1Cl)C(=O)CN(c1cccc(Cl)c1)S(=O)(=O)c1ccc(Cl)cc1. The number of hydrogen-bond acceptors (Lipinski definition) is 4. The summed E-state index contributed by atoms with van der Waals surface area (Å²) >= 11 is 24.5. The minimum Gasteiger partial charge on any atom is -0.355 e. The van der Waals surface area contributed by atoms with Crippen LogP contribution in [0.5, 0.6) is 0 Å². The monoisotopic (exact) mass is 615 g/mol. The third kappa shape index (κ3) is 7.33. The zero-order valence-electron chi connectivity index (χ0n) is 20.5. The molecule has 0 radical (unpaired) electrons. The van der Waals surface area contributed by atoms with Gasteiger partial charge >= 0.3 is 0 Å². The minimum absolute atomic E-state index is 0.0580. The molecule has 2 amide bonds. The molecule has 0 aliphatic heterocycles. The Kier molecular flexibility index (Phi) is 10.3. The second-order valence-electron chi connectivity index (χ2n) is 8.27.